The molecule has 0 aromatic heterocycles. The van der Waals surface area contributed by atoms with E-state index in [2.05, 4.69) is 26.8 Å². The van der Waals surface area contributed by atoms with Crippen LogP contribution >= 0.6 is 0 Å². The van der Waals surface area contributed by atoms with Gasteiger partial charge in [-0.1, -0.05) is 39.3 Å². The molecule has 0 amide bonds. The van der Waals surface area contributed by atoms with Crippen molar-refractivity contribution in [2.45, 2.75) is 59.3 Å². The zero-order valence-corrected chi connectivity index (χ0v) is 15.0. The summed E-state index contributed by atoms with van der Waals surface area (Å²) in [5.41, 5.74) is 2.67. The standard InChI is InChI=1S/C20H34O3/c1-19(2)10-4-11-20(3)17(7-5-15(13-22)9-12-21)16(14-23)6-8-18(19)20/h6,9,17-18,21-23H,4-5,7-8,10-14H2,1-3H3/b15-9-/t17-,18-,20+/m1/s1. The van der Waals surface area contributed by atoms with Crippen LogP contribution in [-0.4, -0.2) is 35.1 Å². The molecule has 23 heavy (non-hydrogen) atoms. The predicted molar refractivity (Wildman–Crippen MR) is 94.0 cm³/mol. The first-order valence-corrected chi connectivity index (χ1v) is 9.08. The number of allylic oxidation sites excluding steroid dienone is 1. The second-order valence-corrected chi connectivity index (χ2v) is 8.37. The maximum Gasteiger partial charge on any atom is 0.0644 e. The molecule has 0 heterocycles. The van der Waals surface area contributed by atoms with Crippen LogP contribution in [0.3, 0.4) is 0 Å². The number of hydrogen-bond donors (Lipinski definition) is 3. The van der Waals surface area contributed by atoms with Crippen LogP contribution < -0.4 is 0 Å². The molecule has 2 aliphatic rings. The Morgan fingerprint density at radius 3 is 2.57 bits per heavy atom. The highest BCUT2D eigenvalue weighted by molar-refractivity contribution is 5.21. The smallest absolute Gasteiger partial charge is 0.0644 e. The molecular formula is C20H34O3. The van der Waals surface area contributed by atoms with Gasteiger partial charge in [0.2, 0.25) is 0 Å². The molecule has 0 spiro atoms. The van der Waals surface area contributed by atoms with Crippen molar-refractivity contribution >= 4 is 0 Å². The quantitative estimate of drug-likeness (QED) is 0.656. The van der Waals surface area contributed by atoms with E-state index in [0.29, 0.717) is 17.3 Å². The fourth-order valence-corrected chi connectivity index (χ4v) is 5.40. The SMILES string of the molecule is CC1(C)CCC[C@@]2(C)[C@H](CC/C(=C/CO)CO)C(CO)=CC[C@H]12. The monoisotopic (exact) mass is 322 g/mol. The fourth-order valence-electron chi connectivity index (χ4n) is 5.40. The van der Waals surface area contributed by atoms with Crippen molar-refractivity contribution in [3.8, 4) is 0 Å². The Bertz CT molecular complexity index is 464. The van der Waals surface area contributed by atoms with Gasteiger partial charge < -0.3 is 15.3 Å². The molecule has 0 unspecified atom stereocenters. The minimum atomic E-state index is -0.0177. The number of aliphatic hydroxyl groups is 3. The molecule has 132 valence electrons. The van der Waals surface area contributed by atoms with Crippen molar-refractivity contribution in [1.82, 2.24) is 0 Å². The molecule has 0 radical (unpaired) electrons. The number of rotatable bonds is 6. The Labute approximate surface area is 141 Å². The Hall–Kier alpha value is -0.640. The summed E-state index contributed by atoms with van der Waals surface area (Å²) < 4.78 is 0. The second kappa shape index (κ2) is 7.50. The molecule has 0 aliphatic heterocycles. The van der Waals surface area contributed by atoms with E-state index in [0.717, 1.165) is 24.8 Å². The van der Waals surface area contributed by atoms with E-state index in [1.165, 1.54) is 24.8 Å². The molecule has 3 atom stereocenters. The molecule has 3 nitrogen and oxygen atoms in total. The van der Waals surface area contributed by atoms with Gasteiger partial charge in [0.05, 0.1) is 19.8 Å². The van der Waals surface area contributed by atoms with Crippen LogP contribution in [0.25, 0.3) is 0 Å². The van der Waals surface area contributed by atoms with Gasteiger partial charge in [-0.15, -0.1) is 0 Å². The lowest BCUT2D eigenvalue weighted by Gasteiger charge is -2.57. The normalized spacial score (nSPS) is 34.0. The van der Waals surface area contributed by atoms with Crippen LogP contribution in [0.1, 0.15) is 59.3 Å². The summed E-state index contributed by atoms with van der Waals surface area (Å²) in [5, 5.41) is 28.4. The third kappa shape index (κ3) is 3.72. The lowest BCUT2D eigenvalue weighted by Crippen LogP contribution is -2.49. The molecule has 0 aromatic rings. The van der Waals surface area contributed by atoms with E-state index in [4.69, 9.17) is 5.11 Å². The van der Waals surface area contributed by atoms with Crippen LogP contribution in [0.4, 0.5) is 0 Å². The first-order valence-electron chi connectivity index (χ1n) is 9.08. The molecule has 1 saturated carbocycles. The summed E-state index contributed by atoms with van der Waals surface area (Å²) >= 11 is 0. The van der Waals surface area contributed by atoms with E-state index in [1.807, 2.05) is 0 Å². The van der Waals surface area contributed by atoms with Crippen molar-refractivity contribution in [3.63, 3.8) is 0 Å². The molecule has 2 rings (SSSR count). The number of hydrogen-bond acceptors (Lipinski definition) is 3. The van der Waals surface area contributed by atoms with Crippen LogP contribution in [0.15, 0.2) is 23.3 Å². The first kappa shape index (κ1) is 18.7. The van der Waals surface area contributed by atoms with Crippen molar-refractivity contribution in [1.29, 1.82) is 0 Å². The molecule has 0 aromatic carbocycles. The van der Waals surface area contributed by atoms with Gasteiger partial charge in [0, 0.05) is 0 Å². The highest BCUT2D eigenvalue weighted by Crippen LogP contribution is 2.60. The molecule has 1 fully saturated rings. The largest absolute Gasteiger partial charge is 0.392 e. The average molecular weight is 322 g/mol. The predicted octanol–water partition coefficient (Wildman–Crippen LogP) is 3.45. The Kier molecular flexibility index (Phi) is 6.10. The number of aliphatic hydroxyl groups excluding tert-OH is 3. The summed E-state index contributed by atoms with van der Waals surface area (Å²) in [4.78, 5) is 0. The van der Waals surface area contributed by atoms with E-state index in [-0.39, 0.29) is 25.2 Å². The second-order valence-electron chi connectivity index (χ2n) is 8.37. The summed E-state index contributed by atoms with van der Waals surface area (Å²) in [6.45, 7) is 7.35. The van der Waals surface area contributed by atoms with Gasteiger partial charge in [-0.3, -0.25) is 0 Å². The third-order valence-corrected chi connectivity index (χ3v) is 6.66. The highest BCUT2D eigenvalue weighted by atomic mass is 16.3. The number of fused-ring (bicyclic) bond motifs is 1. The highest BCUT2D eigenvalue weighted by Gasteiger charge is 2.51. The summed E-state index contributed by atoms with van der Waals surface area (Å²) in [6.07, 6.45) is 10.6. The molecular weight excluding hydrogens is 288 g/mol. The zero-order chi connectivity index (χ0) is 17.1. The first-order chi connectivity index (χ1) is 10.9. The maximum absolute atomic E-state index is 9.85. The lowest BCUT2D eigenvalue weighted by molar-refractivity contribution is -0.0421. The van der Waals surface area contributed by atoms with Crippen LogP contribution in [0.2, 0.25) is 0 Å². The molecule has 3 heteroatoms. The van der Waals surface area contributed by atoms with Crippen molar-refractivity contribution in [2.24, 2.45) is 22.7 Å². The van der Waals surface area contributed by atoms with E-state index in [1.54, 1.807) is 6.08 Å². The van der Waals surface area contributed by atoms with Gasteiger partial charge in [0.1, 0.15) is 0 Å². The van der Waals surface area contributed by atoms with Gasteiger partial charge in [-0.25, -0.2) is 0 Å². The van der Waals surface area contributed by atoms with Crippen LogP contribution in [0.5, 0.6) is 0 Å². The van der Waals surface area contributed by atoms with Crippen molar-refractivity contribution in [3.05, 3.63) is 23.3 Å². The van der Waals surface area contributed by atoms with Gasteiger partial charge >= 0.3 is 0 Å². The van der Waals surface area contributed by atoms with E-state index >= 15 is 0 Å². The minimum Gasteiger partial charge on any atom is -0.392 e. The van der Waals surface area contributed by atoms with E-state index < -0.39 is 0 Å². The van der Waals surface area contributed by atoms with Gasteiger partial charge in [0.25, 0.3) is 0 Å². The molecule has 2 aliphatic carbocycles. The van der Waals surface area contributed by atoms with Gasteiger partial charge in [0.15, 0.2) is 0 Å². The van der Waals surface area contributed by atoms with Crippen molar-refractivity contribution in [2.75, 3.05) is 19.8 Å². The summed E-state index contributed by atoms with van der Waals surface area (Å²) in [5.74, 6) is 1.03. The fraction of sp³-hybridized carbons (Fsp3) is 0.800. The van der Waals surface area contributed by atoms with Crippen LogP contribution in [-0.2, 0) is 0 Å². The minimum absolute atomic E-state index is 0.0110. The molecule has 0 bridgehead atoms. The summed E-state index contributed by atoms with van der Waals surface area (Å²) in [7, 11) is 0. The molecule has 0 saturated heterocycles. The Balaban J connectivity index is 2.24. The molecule has 3 N–H and O–H groups in total. The average Bonchev–Trinajstić information content (AvgIpc) is 2.50. The topological polar surface area (TPSA) is 60.7 Å². The lowest BCUT2D eigenvalue weighted by atomic mass is 9.48. The zero-order valence-electron chi connectivity index (χ0n) is 15.0. The van der Waals surface area contributed by atoms with Crippen molar-refractivity contribution < 1.29 is 15.3 Å². The van der Waals surface area contributed by atoms with Gasteiger partial charge in [-0.2, -0.15) is 0 Å². The van der Waals surface area contributed by atoms with Gasteiger partial charge in [-0.05, 0) is 65.9 Å². The third-order valence-electron chi connectivity index (χ3n) is 6.66. The summed E-state index contributed by atoms with van der Waals surface area (Å²) in [6, 6.07) is 0. The van der Waals surface area contributed by atoms with E-state index in [9.17, 15) is 10.2 Å². The Morgan fingerprint density at radius 1 is 1.22 bits per heavy atom. The Morgan fingerprint density at radius 2 is 1.96 bits per heavy atom. The van der Waals surface area contributed by atoms with Crippen LogP contribution in [0, 0.1) is 22.7 Å². The maximum atomic E-state index is 9.85.